The number of benzene rings is 1. The molecule has 1 aromatic rings. The van der Waals surface area contributed by atoms with Crippen molar-refractivity contribution >= 4 is 15.9 Å². The number of ether oxygens (including phenoxy) is 1. The Morgan fingerprint density at radius 3 is 2.36 bits per heavy atom. The number of nitrogens with zero attached hydrogens (tertiary/aromatic N) is 2. The largest absolute Gasteiger partial charge is 0.379 e. The molecule has 0 radical (unpaired) electrons. The summed E-state index contributed by atoms with van der Waals surface area (Å²) in [5, 5.41) is 3.62. The number of hydrogen-bond acceptors (Lipinski definition) is 5. The second-order valence-corrected chi connectivity index (χ2v) is 12.4. The molecule has 186 valence electrons. The average molecular weight is 484 g/mol. The summed E-state index contributed by atoms with van der Waals surface area (Å²) >= 11 is 0. The SMILES string of the molecule is CCCCN(C(=O)c1cc(S(=O)(=O)N2CCOCC2)ccc1F)C1CC(C)(C)NC(C)(C)C1. The molecule has 2 aliphatic heterocycles. The topological polar surface area (TPSA) is 79.0 Å². The highest BCUT2D eigenvalue weighted by Crippen LogP contribution is 2.33. The normalized spacial score (nSPS) is 21.6. The third-order valence-corrected chi connectivity index (χ3v) is 8.29. The summed E-state index contributed by atoms with van der Waals surface area (Å²) in [6, 6.07) is 3.46. The van der Waals surface area contributed by atoms with Gasteiger partial charge < -0.3 is 15.0 Å². The molecule has 0 atom stereocenters. The van der Waals surface area contributed by atoms with E-state index in [9.17, 15) is 17.6 Å². The van der Waals surface area contributed by atoms with E-state index in [-0.39, 0.29) is 40.7 Å². The fourth-order valence-corrected chi connectivity index (χ4v) is 6.62. The molecule has 0 saturated carbocycles. The van der Waals surface area contributed by atoms with Crippen LogP contribution in [-0.4, -0.2) is 73.5 Å². The van der Waals surface area contributed by atoms with Gasteiger partial charge in [0.25, 0.3) is 5.91 Å². The lowest BCUT2D eigenvalue weighted by molar-refractivity contribution is 0.0437. The van der Waals surface area contributed by atoms with Gasteiger partial charge in [-0.3, -0.25) is 4.79 Å². The maximum absolute atomic E-state index is 14.9. The Hall–Kier alpha value is -1.55. The average Bonchev–Trinajstić information content (AvgIpc) is 2.72. The van der Waals surface area contributed by atoms with E-state index >= 15 is 0 Å². The number of sulfonamides is 1. The van der Waals surface area contributed by atoms with Crippen LogP contribution in [0.1, 0.15) is 70.7 Å². The molecule has 0 aliphatic carbocycles. The lowest BCUT2D eigenvalue weighted by atomic mass is 9.78. The van der Waals surface area contributed by atoms with Crippen molar-refractivity contribution in [3.05, 3.63) is 29.6 Å². The lowest BCUT2D eigenvalue weighted by Gasteiger charge is -2.49. The first kappa shape index (κ1) is 26.1. The minimum Gasteiger partial charge on any atom is -0.379 e. The molecule has 0 unspecified atom stereocenters. The van der Waals surface area contributed by atoms with Crippen molar-refractivity contribution in [2.24, 2.45) is 0 Å². The van der Waals surface area contributed by atoms with E-state index in [1.54, 1.807) is 4.90 Å². The van der Waals surface area contributed by atoms with Crippen LogP contribution in [0.5, 0.6) is 0 Å². The molecule has 0 spiro atoms. The van der Waals surface area contributed by atoms with Crippen molar-refractivity contribution < 1.29 is 22.3 Å². The summed E-state index contributed by atoms with van der Waals surface area (Å²) in [6.45, 7) is 12.1. The smallest absolute Gasteiger partial charge is 0.257 e. The number of carbonyl (C=O) groups excluding carboxylic acids is 1. The van der Waals surface area contributed by atoms with Crippen LogP contribution in [0.25, 0.3) is 0 Å². The molecule has 2 aliphatic rings. The van der Waals surface area contributed by atoms with Crippen LogP contribution in [0.4, 0.5) is 4.39 Å². The fourth-order valence-electron chi connectivity index (χ4n) is 5.19. The van der Waals surface area contributed by atoms with Crippen LogP contribution in [-0.2, 0) is 14.8 Å². The van der Waals surface area contributed by atoms with E-state index in [0.29, 0.717) is 19.8 Å². The third-order valence-electron chi connectivity index (χ3n) is 6.40. The minimum absolute atomic E-state index is 0.0597. The predicted molar refractivity (Wildman–Crippen MR) is 126 cm³/mol. The number of piperidine rings is 1. The van der Waals surface area contributed by atoms with Gasteiger partial charge in [0.05, 0.1) is 23.7 Å². The molecule has 7 nitrogen and oxygen atoms in total. The van der Waals surface area contributed by atoms with Gasteiger partial charge in [0.15, 0.2) is 0 Å². The second kappa shape index (κ2) is 9.98. The van der Waals surface area contributed by atoms with Crippen molar-refractivity contribution in [1.29, 1.82) is 0 Å². The van der Waals surface area contributed by atoms with E-state index in [0.717, 1.165) is 31.7 Å². The van der Waals surface area contributed by atoms with Crippen molar-refractivity contribution in [2.75, 3.05) is 32.8 Å². The molecule has 1 N–H and O–H groups in total. The van der Waals surface area contributed by atoms with Crippen LogP contribution in [0.15, 0.2) is 23.1 Å². The molecule has 1 aromatic carbocycles. The Balaban J connectivity index is 1.95. The first-order valence-corrected chi connectivity index (χ1v) is 13.3. The van der Waals surface area contributed by atoms with Crippen molar-refractivity contribution in [1.82, 2.24) is 14.5 Å². The quantitative estimate of drug-likeness (QED) is 0.643. The molecule has 33 heavy (non-hydrogen) atoms. The highest BCUT2D eigenvalue weighted by Gasteiger charge is 2.41. The maximum atomic E-state index is 14.9. The van der Waals surface area contributed by atoms with Gasteiger partial charge in [0.1, 0.15) is 5.82 Å². The molecule has 1 amide bonds. The molecule has 0 bridgehead atoms. The number of unbranched alkanes of at least 4 members (excludes halogenated alkanes) is 1. The molecular weight excluding hydrogens is 445 g/mol. The maximum Gasteiger partial charge on any atom is 0.257 e. The molecule has 3 rings (SSSR count). The van der Waals surface area contributed by atoms with Crippen LogP contribution in [0.2, 0.25) is 0 Å². The van der Waals surface area contributed by atoms with Crippen molar-refractivity contribution in [2.45, 2.75) is 82.3 Å². The molecule has 9 heteroatoms. The first-order chi connectivity index (χ1) is 15.4. The highest BCUT2D eigenvalue weighted by atomic mass is 32.2. The standard InChI is InChI=1S/C24H38FN3O4S/c1-6-7-10-28(18-16-23(2,3)26-24(4,5)17-18)22(29)20-15-19(8-9-21(20)25)33(30,31)27-11-13-32-14-12-27/h8-9,15,18,26H,6-7,10-14,16-17H2,1-5H3. The Labute approximate surface area is 197 Å². The van der Waals surface area contributed by atoms with Gasteiger partial charge in [-0.1, -0.05) is 13.3 Å². The number of carbonyl (C=O) groups is 1. The van der Waals surface area contributed by atoms with Crippen molar-refractivity contribution in [3.8, 4) is 0 Å². The predicted octanol–water partition coefficient (Wildman–Crippen LogP) is 3.40. The molecule has 2 heterocycles. The summed E-state index contributed by atoms with van der Waals surface area (Å²) in [7, 11) is -3.83. The number of amides is 1. The van der Waals surface area contributed by atoms with Crippen LogP contribution < -0.4 is 5.32 Å². The number of hydrogen-bond donors (Lipinski definition) is 1. The zero-order valence-electron chi connectivity index (χ0n) is 20.5. The summed E-state index contributed by atoms with van der Waals surface area (Å²) < 4.78 is 47.7. The molecule has 2 fully saturated rings. The van der Waals surface area contributed by atoms with E-state index in [1.165, 1.54) is 16.4 Å². The van der Waals surface area contributed by atoms with E-state index in [1.807, 2.05) is 0 Å². The van der Waals surface area contributed by atoms with Gasteiger partial charge in [-0.2, -0.15) is 4.31 Å². The summed E-state index contributed by atoms with van der Waals surface area (Å²) in [5.74, 6) is -1.15. The summed E-state index contributed by atoms with van der Waals surface area (Å²) in [6.07, 6.45) is 3.16. The van der Waals surface area contributed by atoms with Gasteiger partial charge in [-0.05, 0) is 65.2 Å². The zero-order chi connectivity index (χ0) is 24.4. The van der Waals surface area contributed by atoms with Crippen molar-refractivity contribution in [3.63, 3.8) is 0 Å². The summed E-state index contributed by atoms with van der Waals surface area (Å²) in [4.78, 5) is 15.4. The van der Waals surface area contributed by atoms with Gasteiger partial charge in [0.2, 0.25) is 10.0 Å². The molecular formula is C24H38FN3O4S. The number of rotatable bonds is 7. The molecule has 2 saturated heterocycles. The monoisotopic (exact) mass is 483 g/mol. The number of halogens is 1. The van der Waals surface area contributed by atoms with Crippen LogP contribution >= 0.6 is 0 Å². The van der Waals surface area contributed by atoms with E-state index < -0.39 is 21.7 Å². The Kier molecular flexibility index (Phi) is 7.88. The van der Waals surface area contributed by atoms with E-state index in [2.05, 4.69) is 39.9 Å². The van der Waals surface area contributed by atoms with Crippen LogP contribution in [0, 0.1) is 5.82 Å². The zero-order valence-corrected chi connectivity index (χ0v) is 21.3. The van der Waals surface area contributed by atoms with E-state index in [4.69, 9.17) is 4.74 Å². The molecule has 0 aromatic heterocycles. The summed E-state index contributed by atoms with van der Waals surface area (Å²) in [5.41, 5.74) is -0.552. The number of morpholine rings is 1. The third kappa shape index (κ3) is 6.12. The van der Waals surface area contributed by atoms with Gasteiger partial charge >= 0.3 is 0 Å². The number of nitrogens with one attached hydrogen (secondary N) is 1. The first-order valence-electron chi connectivity index (χ1n) is 11.8. The van der Waals surface area contributed by atoms with Gasteiger partial charge in [-0.15, -0.1) is 0 Å². The minimum atomic E-state index is -3.83. The lowest BCUT2D eigenvalue weighted by Crippen LogP contribution is -2.63. The fraction of sp³-hybridized carbons (Fsp3) is 0.708. The van der Waals surface area contributed by atoms with Crippen LogP contribution in [0.3, 0.4) is 0 Å². The Morgan fingerprint density at radius 1 is 1.18 bits per heavy atom. The van der Waals surface area contributed by atoms with Gasteiger partial charge in [-0.25, -0.2) is 12.8 Å². The highest BCUT2D eigenvalue weighted by molar-refractivity contribution is 7.89. The Bertz CT molecular complexity index is 942. The second-order valence-electron chi connectivity index (χ2n) is 10.5. The van der Waals surface area contributed by atoms with Gasteiger partial charge in [0, 0.05) is 36.8 Å². The Morgan fingerprint density at radius 2 is 1.79 bits per heavy atom.